The summed E-state index contributed by atoms with van der Waals surface area (Å²) in [6.07, 6.45) is 4.71. The SMILES string of the molecule is Cc1nc(NCCC(C)(C)N)cc(NC2CCC2)n1. The molecule has 0 saturated heterocycles. The molecule has 0 radical (unpaired) electrons. The maximum absolute atomic E-state index is 5.97. The first kappa shape index (κ1) is 14.1. The Morgan fingerprint density at radius 3 is 2.58 bits per heavy atom. The minimum atomic E-state index is -0.151. The van der Waals surface area contributed by atoms with E-state index < -0.39 is 0 Å². The van der Waals surface area contributed by atoms with Crippen LogP contribution in [0.2, 0.25) is 0 Å². The standard InChI is InChI=1S/C14H25N5/c1-10-17-12(16-8-7-14(2,3)15)9-13(18-10)19-11-5-4-6-11/h9,11H,4-8,15H2,1-3H3,(H2,16,17,18,19). The van der Waals surface area contributed by atoms with Crippen molar-refractivity contribution in [2.45, 2.75) is 58.0 Å². The Morgan fingerprint density at radius 1 is 1.32 bits per heavy atom. The van der Waals surface area contributed by atoms with Gasteiger partial charge in [-0.25, -0.2) is 9.97 Å². The Bertz CT molecular complexity index is 420. The van der Waals surface area contributed by atoms with Gasteiger partial charge in [0.2, 0.25) is 0 Å². The van der Waals surface area contributed by atoms with Crippen LogP contribution in [0.15, 0.2) is 6.07 Å². The smallest absolute Gasteiger partial charge is 0.132 e. The van der Waals surface area contributed by atoms with Gasteiger partial charge in [-0.1, -0.05) is 0 Å². The van der Waals surface area contributed by atoms with Crippen molar-refractivity contribution in [1.82, 2.24) is 9.97 Å². The highest BCUT2D eigenvalue weighted by Crippen LogP contribution is 2.23. The number of nitrogens with one attached hydrogen (secondary N) is 2. The summed E-state index contributed by atoms with van der Waals surface area (Å²) in [6, 6.07) is 2.57. The van der Waals surface area contributed by atoms with Crippen molar-refractivity contribution in [3.63, 3.8) is 0 Å². The highest BCUT2D eigenvalue weighted by Gasteiger charge is 2.17. The molecule has 0 unspecified atom stereocenters. The molecular formula is C14H25N5. The highest BCUT2D eigenvalue weighted by molar-refractivity contribution is 5.48. The van der Waals surface area contributed by atoms with E-state index in [1.165, 1.54) is 19.3 Å². The molecule has 5 heteroatoms. The number of aryl methyl sites for hydroxylation is 1. The van der Waals surface area contributed by atoms with Crippen LogP contribution in [-0.4, -0.2) is 28.1 Å². The molecule has 0 amide bonds. The van der Waals surface area contributed by atoms with E-state index in [9.17, 15) is 0 Å². The van der Waals surface area contributed by atoms with Crippen LogP contribution in [0, 0.1) is 6.92 Å². The molecule has 1 heterocycles. The molecular weight excluding hydrogens is 238 g/mol. The van der Waals surface area contributed by atoms with Gasteiger partial charge in [0.1, 0.15) is 17.5 Å². The predicted molar refractivity (Wildman–Crippen MR) is 79.4 cm³/mol. The first-order valence-corrected chi connectivity index (χ1v) is 7.07. The van der Waals surface area contributed by atoms with Crippen LogP contribution in [0.4, 0.5) is 11.6 Å². The third-order valence-electron chi connectivity index (χ3n) is 3.37. The van der Waals surface area contributed by atoms with Crippen molar-refractivity contribution in [2.75, 3.05) is 17.2 Å². The lowest BCUT2D eigenvalue weighted by Crippen LogP contribution is -2.34. The molecule has 0 aromatic carbocycles. The normalized spacial score (nSPS) is 16.0. The zero-order valence-corrected chi connectivity index (χ0v) is 12.2. The topological polar surface area (TPSA) is 75.9 Å². The zero-order chi connectivity index (χ0) is 13.9. The van der Waals surface area contributed by atoms with Gasteiger partial charge in [0, 0.05) is 24.2 Å². The summed E-state index contributed by atoms with van der Waals surface area (Å²) in [5, 5.41) is 6.77. The lowest BCUT2D eigenvalue weighted by atomic mass is 9.93. The number of rotatable bonds is 6. The van der Waals surface area contributed by atoms with Gasteiger partial charge in [-0.3, -0.25) is 0 Å². The summed E-state index contributed by atoms with van der Waals surface area (Å²) in [5.74, 6) is 2.59. The second kappa shape index (κ2) is 5.74. The molecule has 1 aromatic heterocycles. The molecule has 0 bridgehead atoms. The van der Waals surface area contributed by atoms with Crippen molar-refractivity contribution < 1.29 is 0 Å². The molecule has 1 aliphatic rings. The number of hydrogen-bond acceptors (Lipinski definition) is 5. The molecule has 1 fully saturated rings. The molecule has 2 rings (SSSR count). The van der Waals surface area contributed by atoms with Crippen LogP contribution in [-0.2, 0) is 0 Å². The maximum atomic E-state index is 5.97. The number of nitrogens with zero attached hydrogens (tertiary/aromatic N) is 2. The quantitative estimate of drug-likeness (QED) is 0.734. The van der Waals surface area contributed by atoms with Gasteiger partial charge >= 0.3 is 0 Å². The fourth-order valence-corrected chi connectivity index (χ4v) is 2.01. The lowest BCUT2D eigenvalue weighted by Gasteiger charge is -2.27. The summed E-state index contributed by atoms with van der Waals surface area (Å²) >= 11 is 0. The maximum Gasteiger partial charge on any atom is 0.132 e. The van der Waals surface area contributed by atoms with Crippen molar-refractivity contribution in [1.29, 1.82) is 0 Å². The monoisotopic (exact) mass is 263 g/mol. The van der Waals surface area contributed by atoms with Gasteiger partial charge in [0.05, 0.1) is 0 Å². The molecule has 106 valence electrons. The molecule has 1 aliphatic carbocycles. The van der Waals surface area contributed by atoms with Gasteiger partial charge in [-0.05, 0) is 46.5 Å². The van der Waals surface area contributed by atoms with Gasteiger partial charge in [-0.2, -0.15) is 0 Å². The summed E-state index contributed by atoms with van der Waals surface area (Å²) in [7, 11) is 0. The average Bonchev–Trinajstić information content (AvgIpc) is 2.21. The van der Waals surface area contributed by atoms with Crippen LogP contribution in [0.3, 0.4) is 0 Å². The van der Waals surface area contributed by atoms with Crippen LogP contribution in [0.25, 0.3) is 0 Å². The van der Waals surface area contributed by atoms with Crippen molar-refractivity contribution in [3.8, 4) is 0 Å². The van der Waals surface area contributed by atoms with E-state index in [4.69, 9.17) is 5.73 Å². The van der Waals surface area contributed by atoms with Crippen molar-refractivity contribution in [3.05, 3.63) is 11.9 Å². The first-order chi connectivity index (χ1) is 8.92. The van der Waals surface area contributed by atoms with Crippen LogP contribution < -0.4 is 16.4 Å². The van der Waals surface area contributed by atoms with E-state index in [0.29, 0.717) is 6.04 Å². The van der Waals surface area contributed by atoms with E-state index in [-0.39, 0.29) is 5.54 Å². The van der Waals surface area contributed by atoms with Gasteiger partial charge in [0.25, 0.3) is 0 Å². The first-order valence-electron chi connectivity index (χ1n) is 7.07. The van der Waals surface area contributed by atoms with Crippen LogP contribution in [0.5, 0.6) is 0 Å². The Labute approximate surface area is 115 Å². The van der Waals surface area contributed by atoms with Gasteiger partial charge in [0.15, 0.2) is 0 Å². The Hall–Kier alpha value is -1.36. The van der Waals surface area contributed by atoms with Crippen LogP contribution in [0.1, 0.15) is 45.4 Å². The van der Waals surface area contributed by atoms with Crippen LogP contribution >= 0.6 is 0 Å². The average molecular weight is 263 g/mol. The largest absolute Gasteiger partial charge is 0.370 e. The number of aromatic nitrogens is 2. The summed E-state index contributed by atoms with van der Waals surface area (Å²) in [5.41, 5.74) is 5.82. The molecule has 0 aliphatic heterocycles. The summed E-state index contributed by atoms with van der Waals surface area (Å²) in [4.78, 5) is 8.83. The fourth-order valence-electron chi connectivity index (χ4n) is 2.01. The minimum Gasteiger partial charge on any atom is -0.370 e. The van der Waals surface area contributed by atoms with Gasteiger partial charge < -0.3 is 16.4 Å². The van der Waals surface area contributed by atoms with E-state index in [1.807, 2.05) is 26.8 Å². The van der Waals surface area contributed by atoms with Crippen molar-refractivity contribution in [2.24, 2.45) is 5.73 Å². The lowest BCUT2D eigenvalue weighted by molar-refractivity contribution is 0.444. The number of anilines is 2. The third-order valence-corrected chi connectivity index (χ3v) is 3.37. The van der Waals surface area contributed by atoms with E-state index in [0.717, 1.165) is 30.4 Å². The zero-order valence-electron chi connectivity index (χ0n) is 12.2. The Morgan fingerprint density at radius 2 is 2.00 bits per heavy atom. The molecule has 0 spiro atoms. The van der Waals surface area contributed by atoms with Gasteiger partial charge in [-0.15, -0.1) is 0 Å². The number of hydrogen-bond donors (Lipinski definition) is 3. The third kappa shape index (κ3) is 4.67. The molecule has 1 aromatic rings. The fraction of sp³-hybridized carbons (Fsp3) is 0.714. The molecule has 4 N–H and O–H groups in total. The van der Waals surface area contributed by atoms with Crippen molar-refractivity contribution >= 4 is 11.6 Å². The second-order valence-electron chi connectivity index (χ2n) is 6.12. The minimum absolute atomic E-state index is 0.151. The molecule has 5 nitrogen and oxygen atoms in total. The van der Waals surface area contributed by atoms with E-state index >= 15 is 0 Å². The highest BCUT2D eigenvalue weighted by atomic mass is 15.1. The molecule has 19 heavy (non-hydrogen) atoms. The molecule has 1 saturated carbocycles. The Balaban J connectivity index is 1.92. The predicted octanol–water partition coefficient (Wildman–Crippen LogP) is 2.29. The Kier molecular flexibility index (Phi) is 4.24. The van der Waals surface area contributed by atoms with E-state index in [1.54, 1.807) is 0 Å². The molecule has 0 atom stereocenters. The van der Waals surface area contributed by atoms with E-state index in [2.05, 4.69) is 20.6 Å². The summed E-state index contributed by atoms with van der Waals surface area (Å²) in [6.45, 7) is 6.81. The second-order valence-corrected chi connectivity index (χ2v) is 6.12. The number of nitrogens with two attached hydrogens (primary N) is 1. The summed E-state index contributed by atoms with van der Waals surface area (Å²) < 4.78 is 0.